The molecule has 0 spiro atoms. The van der Waals surface area contributed by atoms with E-state index in [2.05, 4.69) is 20.6 Å². The molecule has 5 nitrogen and oxygen atoms in total. The quantitative estimate of drug-likeness (QED) is 0.685. The van der Waals surface area contributed by atoms with Gasteiger partial charge in [0.15, 0.2) is 0 Å². The Morgan fingerprint density at radius 3 is 3.00 bits per heavy atom. The molecule has 0 aliphatic rings. The van der Waals surface area contributed by atoms with Crippen LogP contribution in [-0.4, -0.2) is 34.8 Å². The van der Waals surface area contributed by atoms with Crippen LogP contribution in [0.2, 0.25) is 0 Å². The number of anilines is 2. The van der Waals surface area contributed by atoms with Gasteiger partial charge in [0.25, 0.3) is 0 Å². The lowest BCUT2D eigenvalue weighted by atomic mass is 10.3. The van der Waals surface area contributed by atoms with Gasteiger partial charge in [0.2, 0.25) is 5.95 Å². The molecule has 0 atom stereocenters. The molecular formula is C11H16N4OS. The predicted molar refractivity (Wildman–Crippen MR) is 71.8 cm³/mol. The van der Waals surface area contributed by atoms with Crippen LogP contribution >= 0.6 is 11.3 Å². The van der Waals surface area contributed by atoms with Crippen molar-refractivity contribution in [3.05, 3.63) is 11.4 Å². The fourth-order valence-corrected chi connectivity index (χ4v) is 2.28. The van der Waals surface area contributed by atoms with E-state index in [9.17, 15) is 0 Å². The van der Waals surface area contributed by atoms with Gasteiger partial charge in [-0.05, 0) is 24.8 Å². The van der Waals surface area contributed by atoms with Gasteiger partial charge in [-0.25, -0.2) is 4.98 Å². The number of aliphatic hydroxyl groups excluding tert-OH is 1. The molecule has 0 saturated carbocycles. The third kappa shape index (κ3) is 2.83. The monoisotopic (exact) mass is 252 g/mol. The van der Waals surface area contributed by atoms with Crippen molar-refractivity contribution in [2.75, 3.05) is 30.3 Å². The average Bonchev–Trinajstić information content (AvgIpc) is 2.78. The highest BCUT2D eigenvalue weighted by Gasteiger charge is 2.07. The van der Waals surface area contributed by atoms with E-state index in [1.165, 1.54) is 0 Å². The molecule has 0 unspecified atom stereocenters. The Kier molecular flexibility index (Phi) is 4.11. The molecule has 0 amide bonds. The molecule has 2 heterocycles. The number of nitrogens with one attached hydrogen (secondary N) is 2. The average molecular weight is 252 g/mol. The summed E-state index contributed by atoms with van der Waals surface area (Å²) in [6, 6.07) is 2.01. The van der Waals surface area contributed by atoms with Gasteiger partial charge in [0, 0.05) is 19.7 Å². The van der Waals surface area contributed by atoms with Crippen LogP contribution < -0.4 is 10.6 Å². The van der Waals surface area contributed by atoms with E-state index in [1.807, 2.05) is 18.4 Å². The van der Waals surface area contributed by atoms with Crippen LogP contribution in [0.1, 0.15) is 13.3 Å². The first-order valence-corrected chi connectivity index (χ1v) is 6.57. The van der Waals surface area contributed by atoms with Crippen molar-refractivity contribution >= 4 is 33.3 Å². The Balaban J connectivity index is 2.26. The van der Waals surface area contributed by atoms with Crippen LogP contribution in [0, 0.1) is 0 Å². The largest absolute Gasteiger partial charge is 0.396 e. The molecule has 0 fully saturated rings. The van der Waals surface area contributed by atoms with E-state index in [4.69, 9.17) is 5.11 Å². The second-order valence-electron chi connectivity index (χ2n) is 3.57. The molecule has 0 bridgehead atoms. The van der Waals surface area contributed by atoms with Gasteiger partial charge < -0.3 is 15.7 Å². The summed E-state index contributed by atoms with van der Waals surface area (Å²) >= 11 is 1.60. The summed E-state index contributed by atoms with van der Waals surface area (Å²) < 4.78 is 0. The fourth-order valence-electron chi connectivity index (χ4n) is 1.51. The first kappa shape index (κ1) is 12.1. The minimum absolute atomic E-state index is 0.185. The Morgan fingerprint density at radius 2 is 2.24 bits per heavy atom. The van der Waals surface area contributed by atoms with E-state index in [0.29, 0.717) is 18.9 Å². The number of aliphatic hydroxyl groups is 1. The van der Waals surface area contributed by atoms with Crippen molar-refractivity contribution in [3.63, 3.8) is 0 Å². The summed E-state index contributed by atoms with van der Waals surface area (Å²) in [5, 5.41) is 18.2. The number of aromatic nitrogens is 2. The molecule has 0 saturated heterocycles. The summed E-state index contributed by atoms with van der Waals surface area (Å²) in [5.41, 5.74) is 0. The second kappa shape index (κ2) is 5.79. The maximum Gasteiger partial charge on any atom is 0.226 e. The molecule has 2 aromatic heterocycles. The number of rotatable bonds is 6. The molecule has 0 aliphatic carbocycles. The maximum atomic E-state index is 8.77. The molecule has 17 heavy (non-hydrogen) atoms. The minimum atomic E-state index is 0.185. The summed E-state index contributed by atoms with van der Waals surface area (Å²) in [6.45, 7) is 3.71. The van der Waals surface area contributed by atoms with E-state index >= 15 is 0 Å². The van der Waals surface area contributed by atoms with E-state index < -0.39 is 0 Å². The summed E-state index contributed by atoms with van der Waals surface area (Å²) in [5.74, 6) is 1.48. The fraction of sp³-hybridized carbons (Fsp3) is 0.455. The highest BCUT2D eigenvalue weighted by atomic mass is 32.1. The summed E-state index contributed by atoms with van der Waals surface area (Å²) in [7, 11) is 0. The molecule has 0 aliphatic heterocycles. The molecular weight excluding hydrogens is 236 g/mol. The van der Waals surface area contributed by atoms with E-state index in [1.54, 1.807) is 11.3 Å². The van der Waals surface area contributed by atoms with Gasteiger partial charge in [-0.15, -0.1) is 11.3 Å². The van der Waals surface area contributed by atoms with Gasteiger partial charge >= 0.3 is 0 Å². The number of hydrogen-bond acceptors (Lipinski definition) is 6. The highest BCUT2D eigenvalue weighted by molar-refractivity contribution is 7.16. The molecule has 2 rings (SSSR count). The Bertz CT molecular complexity index is 485. The summed E-state index contributed by atoms with van der Waals surface area (Å²) in [4.78, 5) is 9.82. The highest BCUT2D eigenvalue weighted by Crippen LogP contribution is 2.26. The number of fused-ring (bicyclic) bond motifs is 1. The van der Waals surface area contributed by atoms with Gasteiger partial charge in [-0.3, -0.25) is 0 Å². The molecule has 92 valence electrons. The molecule has 0 radical (unpaired) electrons. The third-order valence-electron chi connectivity index (χ3n) is 2.29. The zero-order valence-electron chi connectivity index (χ0n) is 9.73. The Hall–Kier alpha value is -1.40. The number of nitrogens with zero attached hydrogens (tertiary/aromatic N) is 2. The van der Waals surface area contributed by atoms with Crippen molar-refractivity contribution in [1.29, 1.82) is 0 Å². The first-order valence-electron chi connectivity index (χ1n) is 5.69. The number of hydrogen-bond donors (Lipinski definition) is 3. The van der Waals surface area contributed by atoms with Crippen LogP contribution in [0.4, 0.5) is 11.8 Å². The van der Waals surface area contributed by atoms with Gasteiger partial charge in [0.05, 0.1) is 5.39 Å². The lowest BCUT2D eigenvalue weighted by molar-refractivity contribution is 0.292. The van der Waals surface area contributed by atoms with Crippen LogP contribution in [0.5, 0.6) is 0 Å². The zero-order valence-corrected chi connectivity index (χ0v) is 10.5. The lowest BCUT2D eigenvalue weighted by Gasteiger charge is -2.08. The summed E-state index contributed by atoms with van der Waals surface area (Å²) in [6.07, 6.45) is 0.714. The van der Waals surface area contributed by atoms with Crippen LogP contribution in [-0.2, 0) is 0 Å². The lowest BCUT2D eigenvalue weighted by Crippen LogP contribution is -2.08. The number of thiophene rings is 1. The maximum absolute atomic E-state index is 8.77. The first-order chi connectivity index (χ1) is 8.35. The van der Waals surface area contributed by atoms with Crippen LogP contribution in [0.3, 0.4) is 0 Å². The van der Waals surface area contributed by atoms with Crippen molar-refractivity contribution in [3.8, 4) is 0 Å². The standard InChI is InChI=1S/C11H16N4OS/c1-2-12-11-14-9(13-5-3-6-16)8-4-7-17-10(8)15-11/h4,7,16H,2-3,5-6H2,1H3,(H2,12,13,14,15). The zero-order chi connectivity index (χ0) is 12.1. The SMILES string of the molecule is CCNc1nc(NCCCO)c2ccsc2n1. The van der Waals surface area contributed by atoms with Gasteiger partial charge in [0.1, 0.15) is 10.6 Å². The van der Waals surface area contributed by atoms with E-state index in [0.717, 1.165) is 22.6 Å². The molecule has 6 heteroatoms. The normalized spacial score (nSPS) is 10.7. The van der Waals surface area contributed by atoms with Crippen molar-refractivity contribution in [1.82, 2.24) is 9.97 Å². The molecule has 2 aromatic rings. The second-order valence-corrected chi connectivity index (χ2v) is 4.46. The van der Waals surface area contributed by atoms with Crippen molar-refractivity contribution in [2.24, 2.45) is 0 Å². The minimum Gasteiger partial charge on any atom is -0.396 e. The Morgan fingerprint density at radius 1 is 1.35 bits per heavy atom. The van der Waals surface area contributed by atoms with Gasteiger partial charge in [-0.1, -0.05) is 0 Å². The van der Waals surface area contributed by atoms with Crippen molar-refractivity contribution < 1.29 is 5.11 Å². The van der Waals surface area contributed by atoms with Crippen LogP contribution in [0.15, 0.2) is 11.4 Å². The smallest absolute Gasteiger partial charge is 0.226 e. The predicted octanol–water partition coefficient (Wildman–Crippen LogP) is 1.92. The Labute approximate surface area is 104 Å². The molecule has 3 N–H and O–H groups in total. The molecule has 0 aromatic carbocycles. The van der Waals surface area contributed by atoms with Crippen molar-refractivity contribution in [2.45, 2.75) is 13.3 Å². The van der Waals surface area contributed by atoms with E-state index in [-0.39, 0.29) is 6.61 Å². The van der Waals surface area contributed by atoms with Gasteiger partial charge in [-0.2, -0.15) is 4.98 Å². The third-order valence-corrected chi connectivity index (χ3v) is 3.09. The van der Waals surface area contributed by atoms with Crippen LogP contribution in [0.25, 0.3) is 10.2 Å². The topological polar surface area (TPSA) is 70.1 Å².